The van der Waals surface area contributed by atoms with Gasteiger partial charge in [-0.1, -0.05) is 19.0 Å². The molecule has 1 aromatic carbocycles. The first-order chi connectivity index (χ1) is 12.4. The number of carbonyl (C=O) groups excluding carboxylic acids is 1. The Hall–Kier alpha value is -2.81. The molecule has 1 heterocycles. The van der Waals surface area contributed by atoms with Gasteiger partial charge < -0.3 is 29.8 Å². The van der Waals surface area contributed by atoms with E-state index in [-0.39, 0.29) is 24.3 Å². The van der Waals surface area contributed by atoms with E-state index >= 15 is 0 Å². The topological polar surface area (TPSA) is 122 Å². The molecular weight excluding hydrogens is 340 g/mol. The molecule has 0 fully saturated rings. The van der Waals surface area contributed by atoms with Crippen molar-refractivity contribution in [2.24, 2.45) is 11.7 Å². The fourth-order valence-electron chi connectivity index (χ4n) is 2.24. The van der Waals surface area contributed by atoms with Gasteiger partial charge in [-0.15, -0.1) is 0 Å². The van der Waals surface area contributed by atoms with Crippen LogP contribution in [0.15, 0.2) is 16.7 Å². The van der Waals surface area contributed by atoms with Crippen LogP contribution in [0, 0.1) is 5.92 Å². The van der Waals surface area contributed by atoms with Gasteiger partial charge in [0.25, 0.3) is 0 Å². The fourth-order valence-corrected chi connectivity index (χ4v) is 2.24. The number of nitrogens with one attached hydrogen (secondary N) is 1. The smallest absolute Gasteiger partial charge is 0.246 e. The number of methoxy groups -OCH3 is 3. The lowest BCUT2D eigenvalue weighted by Crippen LogP contribution is -2.43. The Bertz CT molecular complexity index is 734. The molecule has 0 unspecified atom stereocenters. The standard InChI is InChI=1S/C17H24N4O5/c1-9(2)14(18)17(22)19-8-13-20-16(21-26-13)10-6-11(23-3)15(25-5)12(7-10)24-4/h6-7,9,14H,8,18H2,1-5H3,(H,19,22)/t14-/m0/s1. The first kappa shape index (κ1) is 19.5. The molecule has 0 bridgehead atoms. The highest BCUT2D eigenvalue weighted by Crippen LogP contribution is 2.40. The SMILES string of the molecule is COc1cc(-c2noc(CNC(=O)[C@@H](N)C(C)C)n2)cc(OC)c1OC. The van der Waals surface area contributed by atoms with E-state index in [1.807, 2.05) is 13.8 Å². The highest BCUT2D eigenvalue weighted by atomic mass is 16.5. The van der Waals surface area contributed by atoms with Crippen LogP contribution in [0.3, 0.4) is 0 Å². The van der Waals surface area contributed by atoms with Gasteiger partial charge in [-0.2, -0.15) is 4.98 Å². The van der Waals surface area contributed by atoms with Gasteiger partial charge in [-0.3, -0.25) is 4.79 Å². The van der Waals surface area contributed by atoms with Crippen molar-refractivity contribution >= 4 is 5.91 Å². The second kappa shape index (κ2) is 8.52. The molecule has 0 saturated heterocycles. The second-order valence-electron chi connectivity index (χ2n) is 5.91. The summed E-state index contributed by atoms with van der Waals surface area (Å²) in [4.78, 5) is 16.2. The summed E-state index contributed by atoms with van der Waals surface area (Å²) < 4.78 is 21.1. The van der Waals surface area contributed by atoms with Crippen molar-refractivity contribution in [3.8, 4) is 28.6 Å². The van der Waals surface area contributed by atoms with Crippen LogP contribution in [-0.2, 0) is 11.3 Å². The normalized spacial score (nSPS) is 12.0. The van der Waals surface area contributed by atoms with E-state index in [2.05, 4.69) is 15.5 Å². The molecule has 9 heteroatoms. The van der Waals surface area contributed by atoms with Crippen molar-refractivity contribution in [3.63, 3.8) is 0 Å². The minimum absolute atomic E-state index is 0.0347. The predicted molar refractivity (Wildman–Crippen MR) is 94.1 cm³/mol. The van der Waals surface area contributed by atoms with E-state index in [1.165, 1.54) is 21.3 Å². The maximum absolute atomic E-state index is 11.9. The lowest BCUT2D eigenvalue weighted by atomic mass is 10.1. The number of amides is 1. The van der Waals surface area contributed by atoms with Gasteiger partial charge in [-0.25, -0.2) is 0 Å². The molecule has 9 nitrogen and oxygen atoms in total. The highest BCUT2D eigenvalue weighted by molar-refractivity contribution is 5.81. The quantitative estimate of drug-likeness (QED) is 0.720. The maximum Gasteiger partial charge on any atom is 0.246 e. The van der Waals surface area contributed by atoms with Gasteiger partial charge in [0, 0.05) is 5.56 Å². The van der Waals surface area contributed by atoms with Crippen LogP contribution in [-0.4, -0.2) is 43.4 Å². The molecular formula is C17H24N4O5. The fraction of sp³-hybridized carbons (Fsp3) is 0.471. The van der Waals surface area contributed by atoms with Crippen molar-refractivity contribution in [1.29, 1.82) is 0 Å². The lowest BCUT2D eigenvalue weighted by Gasteiger charge is -2.14. The number of carbonyl (C=O) groups is 1. The minimum Gasteiger partial charge on any atom is -0.493 e. The Kier molecular flexibility index (Phi) is 6.40. The highest BCUT2D eigenvalue weighted by Gasteiger charge is 2.19. The first-order valence-corrected chi connectivity index (χ1v) is 8.07. The summed E-state index contributed by atoms with van der Waals surface area (Å²) in [5, 5.41) is 6.61. The van der Waals surface area contributed by atoms with Gasteiger partial charge in [0.2, 0.25) is 23.4 Å². The predicted octanol–water partition coefficient (Wildman–Crippen LogP) is 1.36. The summed E-state index contributed by atoms with van der Waals surface area (Å²) in [6.07, 6.45) is 0. The number of hydrogen-bond donors (Lipinski definition) is 2. The largest absolute Gasteiger partial charge is 0.493 e. The summed E-state index contributed by atoms with van der Waals surface area (Å²) in [7, 11) is 4.57. The maximum atomic E-state index is 11.9. The van der Waals surface area contributed by atoms with Crippen LogP contribution in [0.1, 0.15) is 19.7 Å². The summed E-state index contributed by atoms with van der Waals surface area (Å²) in [5.74, 6) is 1.78. The molecule has 2 rings (SSSR count). The molecule has 2 aromatic rings. The van der Waals surface area contributed by atoms with Crippen molar-refractivity contribution in [2.75, 3.05) is 21.3 Å². The monoisotopic (exact) mass is 364 g/mol. The van der Waals surface area contributed by atoms with Gasteiger partial charge in [0.05, 0.1) is 33.9 Å². The first-order valence-electron chi connectivity index (χ1n) is 8.07. The lowest BCUT2D eigenvalue weighted by molar-refractivity contribution is -0.123. The van der Waals surface area contributed by atoms with E-state index in [0.29, 0.717) is 28.6 Å². The van der Waals surface area contributed by atoms with Crippen LogP contribution < -0.4 is 25.3 Å². The Morgan fingerprint density at radius 3 is 2.31 bits per heavy atom. The van der Waals surface area contributed by atoms with Crippen molar-refractivity contribution in [2.45, 2.75) is 26.4 Å². The number of nitrogens with zero attached hydrogens (tertiary/aromatic N) is 2. The summed E-state index contributed by atoms with van der Waals surface area (Å²) >= 11 is 0. The number of hydrogen-bond acceptors (Lipinski definition) is 8. The third-order valence-corrected chi connectivity index (χ3v) is 3.83. The molecule has 26 heavy (non-hydrogen) atoms. The molecule has 0 aliphatic heterocycles. The average Bonchev–Trinajstić information content (AvgIpc) is 3.12. The van der Waals surface area contributed by atoms with Crippen LogP contribution in [0.25, 0.3) is 11.4 Å². The Morgan fingerprint density at radius 2 is 1.81 bits per heavy atom. The molecule has 142 valence electrons. The van der Waals surface area contributed by atoms with E-state index in [1.54, 1.807) is 12.1 Å². The molecule has 0 radical (unpaired) electrons. The third-order valence-electron chi connectivity index (χ3n) is 3.83. The summed E-state index contributed by atoms with van der Waals surface area (Å²) in [6.45, 7) is 3.84. The third kappa shape index (κ3) is 4.23. The molecule has 1 aromatic heterocycles. The number of rotatable bonds is 8. The van der Waals surface area contributed by atoms with Gasteiger partial charge in [-0.05, 0) is 18.1 Å². The van der Waals surface area contributed by atoms with E-state index in [0.717, 1.165) is 0 Å². The second-order valence-corrected chi connectivity index (χ2v) is 5.91. The zero-order valence-electron chi connectivity index (χ0n) is 15.5. The van der Waals surface area contributed by atoms with E-state index in [9.17, 15) is 4.79 Å². The molecule has 0 saturated carbocycles. The van der Waals surface area contributed by atoms with Crippen molar-refractivity contribution in [3.05, 3.63) is 18.0 Å². The summed E-state index contributed by atoms with van der Waals surface area (Å²) in [6, 6.07) is 2.83. The van der Waals surface area contributed by atoms with Crippen molar-refractivity contribution < 1.29 is 23.5 Å². The Labute approximate surface area is 151 Å². The molecule has 0 spiro atoms. The molecule has 0 aliphatic carbocycles. The van der Waals surface area contributed by atoms with Crippen LogP contribution in [0.5, 0.6) is 17.2 Å². The van der Waals surface area contributed by atoms with Gasteiger partial charge in [0.15, 0.2) is 11.5 Å². The summed E-state index contributed by atoms with van der Waals surface area (Å²) in [5.41, 5.74) is 6.42. The molecule has 1 amide bonds. The van der Waals surface area contributed by atoms with Crippen LogP contribution in [0.2, 0.25) is 0 Å². The van der Waals surface area contributed by atoms with Gasteiger partial charge in [0.1, 0.15) is 0 Å². The van der Waals surface area contributed by atoms with E-state index < -0.39 is 6.04 Å². The van der Waals surface area contributed by atoms with Crippen molar-refractivity contribution in [1.82, 2.24) is 15.5 Å². The number of aromatic nitrogens is 2. The van der Waals surface area contributed by atoms with Gasteiger partial charge >= 0.3 is 0 Å². The minimum atomic E-state index is -0.590. The van der Waals surface area contributed by atoms with E-state index in [4.69, 9.17) is 24.5 Å². The Balaban J connectivity index is 2.18. The zero-order valence-corrected chi connectivity index (χ0v) is 15.5. The number of nitrogens with two attached hydrogens (primary N) is 1. The molecule has 0 aliphatic rings. The van der Waals surface area contributed by atoms with Crippen LogP contribution in [0.4, 0.5) is 0 Å². The number of ether oxygens (including phenoxy) is 3. The molecule has 1 atom stereocenters. The molecule has 3 N–H and O–H groups in total. The zero-order chi connectivity index (χ0) is 19.3. The Morgan fingerprint density at radius 1 is 1.19 bits per heavy atom. The van der Waals surface area contributed by atoms with Crippen LogP contribution >= 0.6 is 0 Å². The number of benzene rings is 1. The average molecular weight is 364 g/mol.